The van der Waals surface area contributed by atoms with E-state index in [1.54, 1.807) is 18.9 Å². The smallest absolute Gasteiger partial charge is 0.306 e. The molecule has 0 radical (unpaired) electrons. The second-order valence-corrected chi connectivity index (χ2v) is 9.96. The Morgan fingerprint density at radius 2 is 1.57 bits per heavy atom. The molecule has 3 rings (SSSR count). The van der Waals surface area contributed by atoms with Gasteiger partial charge in [-0.25, -0.2) is 0 Å². The van der Waals surface area contributed by atoms with E-state index >= 15 is 0 Å². The zero-order valence-electron chi connectivity index (χ0n) is 22.3. The molecule has 6 heteroatoms. The van der Waals surface area contributed by atoms with Crippen molar-refractivity contribution in [1.82, 2.24) is 10.2 Å². The van der Waals surface area contributed by atoms with Crippen LogP contribution in [-0.2, 0) is 32.1 Å². The average molecular weight is 503 g/mol. The van der Waals surface area contributed by atoms with Crippen LogP contribution in [0.1, 0.15) is 44.7 Å². The van der Waals surface area contributed by atoms with E-state index in [4.69, 9.17) is 4.74 Å². The molecule has 0 saturated carbocycles. The molecule has 0 spiro atoms. The normalized spacial score (nSPS) is 12.7. The number of likely N-dealkylation sites (N-methyl/N-ethyl adjacent to an activating group) is 1. The first kappa shape index (κ1) is 27.9. The predicted molar refractivity (Wildman–Crippen MR) is 147 cm³/mol. The molecule has 0 aliphatic carbocycles. The molecule has 0 heterocycles. The van der Waals surface area contributed by atoms with E-state index in [9.17, 15) is 14.4 Å². The molecule has 3 aromatic rings. The highest BCUT2D eigenvalue weighted by Crippen LogP contribution is 2.20. The Labute approximate surface area is 220 Å². The maximum absolute atomic E-state index is 13.6. The van der Waals surface area contributed by atoms with Crippen molar-refractivity contribution in [3.8, 4) is 0 Å². The summed E-state index contributed by atoms with van der Waals surface area (Å²) in [6.45, 7) is 6.47. The van der Waals surface area contributed by atoms with Crippen molar-refractivity contribution in [3.05, 3.63) is 83.9 Å². The van der Waals surface area contributed by atoms with Gasteiger partial charge in [-0.15, -0.1) is 0 Å². The number of ether oxygens (including phenoxy) is 1. The largest absolute Gasteiger partial charge is 0.466 e. The van der Waals surface area contributed by atoms with Crippen molar-refractivity contribution in [2.45, 2.75) is 52.6 Å². The Hall–Kier alpha value is -3.67. The lowest BCUT2D eigenvalue weighted by molar-refractivity contribution is -0.147. The number of carbonyl (C=O) groups excluding carboxylic acids is 3. The second kappa shape index (κ2) is 13.6. The number of esters is 1. The number of nitrogens with zero attached hydrogens (tertiary/aromatic N) is 1. The monoisotopic (exact) mass is 502 g/mol. The Balaban J connectivity index is 1.84. The standard InChI is InChI=1S/C31H38N2O4/c1-5-37-29(34)20-27(17-22(2)3)30(35)32-28(31(36)33(4)21-23-11-7-6-8-12-23)19-24-15-16-25-13-9-10-14-26(25)18-24/h6-16,18,22,27-28H,5,17,19-21H2,1-4H3,(H,32,35)/t27-,28-/m0/s1. The molecule has 0 unspecified atom stereocenters. The number of carbonyl (C=O) groups is 3. The van der Waals surface area contributed by atoms with Gasteiger partial charge in [-0.3, -0.25) is 14.4 Å². The van der Waals surface area contributed by atoms with Crippen LogP contribution in [0, 0.1) is 11.8 Å². The topological polar surface area (TPSA) is 75.7 Å². The first-order chi connectivity index (χ1) is 17.8. The van der Waals surface area contributed by atoms with Gasteiger partial charge in [-0.2, -0.15) is 0 Å². The molecule has 0 aromatic heterocycles. The molecule has 0 aliphatic rings. The summed E-state index contributed by atoms with van der Waals surface area (Å²) in [6.07, 6.45) is 0.873. The Bertz CT molecular complexity index is 1190. The van der Waals surface area contributed by atoms with E-state index in [2.05, 4.69) is 11.4 Å². The number of benzene rings is 3. The van der Waals surface area contributed by atoms with Gasteiger partial charge in [0.05, 0.1) is 13.0 Å². The zero-order valence-corrected chi connectivity index (χ0v) is 22.3. The molecule has 2 amide bonds. The average Bonchev–Trinajstić information content (AvgIpc) is 2.87. The third kappa shape index (κ3) is 8.45. The van der Waals surface area contributed by atoms with Crippen LogP contribution < -0.4 is 5.32 Å². The molecule has 0 aliphatic heterocycles. The van der Waals surface area contributed by atoms with E-state index in [1.165, 1.54) is 0 Å². The second-order valence-electron chi connectivity index (χ2n) is 9.96. The number of hydrogen-bond acceptors (Lipinski definition) is 4. The molecule has 37 heavy (non-hydrogen) atoms. The van der Waals surface area contributed by atoms with Crippen LogP contribution in [0.25, 0.3) is 10.8 Å². The minimum absolute atomic E-state index is 0.00536. The minimum Gasteiger partial charge on any atom is -0.466 e. The fourth-order valence-electron chi connectivity index (χ4n) is 4.57. The Kier molecular flexibility index (Phi) is 10.2. The molecule has 1 N–H and O–H groups in total. The van der Waals surface area contributed by atoms with Crippen molar-refractivity contribution < 1.29 is 19.1 Å². The highest BCUT2D eigenvalue weighted by Gasteiger charge is 2.30. The van der Waals surface area contributed by atoms with Gasteiger partial charge >= 0.3 is 5.97 Å². The lowest BCUT2D eigenvalue weighted by Crippen LogP contribution is -2.50. The number of amides is 2. The van der Waals surface area contributed by atoms with E-state index in [1.807, 2.05) is 80.6 Å². The summed E-state index contributed by atoms with van der Waals surface area (Å²) in [6, 6.07) is 23.1. The first-order valence-electron chi connectivity index (χ1n) is 13.0. The lowest BCUT2D eigenvalue weighted by atomic mass is 9.92. The van der Waals surface area contributed by atoms with Crippen LogP contribution in [0.4, 0.5) is 0 Å². The number of nitrogens with one attached hydrogen (secondary N) is 1. The molecule has 0 bridgehead atoms. The summed E-state index contributed by atoms with van der Waals surface area (Å²) in [7, 11) is 1.75. The molecule has 196 valence electrons. The van der Waals surface area contributed by atoms with E-state index < -0.39 is 17.9 Å². The van der Waals surface area contributed by atoms with Gasteiger partial charge in [-0.1, -0.05) is 86.6 Å². The number of hydrogen-bond donors (Lipinski definition) is 1. The maximum Gasteiger partial charge on any atom is 0.306 e. The number of fused-ring (bicyclic) bond motifs is 1. The third-order valence-corrected chi connectivity index (χ3v) is 6.35. The summed E-state index contributed by atoms with van der Waals surface area (Å²) in [4.78, 5) is 40.9. The van der Waals surface area contributed by atoms with Crippen molar-refractivity contribution in [2.24, 2.45) is 11.8 Å². The minimum atomic E-state index is -0.765. The highest BCUT2D eigenvalue weighted by atomic mass is 16.5. The summed E-state index contributed by atoms with van der Waals surface area (Å²) in [5.41, 5.74) is 1.96. The summed E-state index contributed by atoms with van der Waals surface area (Å²) in [5, 5.41) is 5.19. The predicted octanol–water partition coefficient (Wildman–Crippen LogP) is 5.14. The fourth-order valence-corrected chi connectivity index (χ4v) is 4.57. The molecular weight excluding hydrogens is 464 g/mol. The maximum atomic E-state index is 13.6. The van der Waals surface area contributed by atoms with Crippen LogP contribution in [0.5, 0.6) is 0 Å². The van der Waals surface area contributed by atoms with Crippen LogP contribution >= 0.6 is 0 Å². The molecule has 2 atom stereocenters. The van der Waals surface area contributed by atoms with Crippen molar-refractivity contribution in [2.75, 3.05) is 13.7 Å². The van der Waals surface area contributed by atoms with Crippen LogP contribution in [-0.4, -0.2) is 42.4 Å². The van der Waals surface area contributed by atoms with Crippen molar-refractivity contribution in [1.29, 1.82) is 0 Å². The van der Waals surface area contributed by atoms with Gasteiger partial charge in [0.2, 0.25) is 11.8 Å². The Morgan fingerprint density at radius 3 is 2.24 bits per heavy atom. The van der Waals surface area contributed by atoms with Crippen LogP contribution in [0.2, 0.25) is 0 Å². The molecule has 0 fully saturated rings. The lowest BCUT2D eigenvalue weighted by Gasteiger charge is -2.27. The van der Waals surface area contributed by atoms with Gasteiger partial charge in [0, 0.05) is 25.9 Å². The summed E-state index contributed by atoms with van der Waals surface area (Å²) in [5.74, 6) is -1.23. The van der Waals surface area contributed by atoms with Crippen molar-refractivity contribution >= 4 is 28.6 Å². The molecule has 3 aromatic carbocycles. The molecular formula is C31H38N2O4. The first-order valence-corrected chi connectivity index (χ1v) is 13.0. The van der Waals surface area contributed by atoms with Gasteiger partial charge < -0.3 is 15.0 Å². The SMILES string of the molecule is CCOC(=O)C[C@H](CC(C)C)C(=O)N[C@@H](Cc1ccc2ccccc2c1)C(=O)N(C)Cc1ccccc1. The summed E-state index contributed by atoms with van der Waals surface area (Å²) >= 11 is 0. The molecule has 0 saturated heterocycles. The van der Waals surface area contributed by atoms with Gasteiger partial charge in [0.1, 0.15) is 6.04 Å². The van der Waals surface area contributed by atoms with E-state index in [0.29, 0.717) is 19.4 Å². The molecule has 6 nitrogen and oxygen atoms in total. The van der Waals surface area contributed by atoms with Gasteiger partial charge in [0.15, 0.2) is 0 Å². The van der Waals surface area contributed by atoms with E-state index in [0.717, 1.165) is 21.9 Å². The van der Waals surface area contributed by atoms with Gasteiger partial charge in [0.25, 0.3) is 0 Å². The number of rotatable bonds is 12. The van der Waals surface area contributed by atoms with Gasteiger partial charge in [-0.05, 0) is 41.2 Å². The van der Waals surface area contributed by atoms with E-state index in [-0.39, 0.29) is 30.8 Å². The van der Waals surface area contributed by atoms with Crippen LogP contribution in [0.15, 0.2) is 72.8 Å². The van der Waals surface area contributed by atoms with Crippen LogP contribution in [0.3, 0.4) is 0 Å². The summed E-state index contributed by atoms with van der Waals surface area (Å²) < 4.78 is 5.10. The highest BCUT2D eigenvalue weighted by molar-refractivity contribution is 5.90. The Morgan fingerprint density at radius 1 is 0.892 bits per heavy atom. The fraction of sp³-hybridized carbons (Fsp3) is 0.387. The third-order valence-electron chi connectivity index (χ3n) is 6.35. The van der Waals surface area contributed by atoms with Crippen molar-refractivity contribution in [3.63, 3.8) is 0 Å². The quantitative estimate of drug-likeness (QED) is 0.348. The zero-order chi connectivity index (χ0) is 26.8.